The van der Waals surface area contributed by atoms with E-state index in [1.165, 1.54) is 6.07 Å². The first-order valence-corrected chi connectivity index (χ1v) is 6.47. The Bertz CT molecular complexity index is 414. The first-order valence-electron chi connectivity index (χ1n) is 6.09. The zero-order valence-corrected chi connectivity index (χ0v) is 11.2. The van der Waals surface area contributed by atoms with E-state index >= 15 is 0 Å². The molecule has 2 unspecified atom stereocenters. The molecule has 1 aromatic carbocycles. The van der Waals surface area contributed by atoms with E-state index in [0.29, 0.717) is 23.7 Å². The van der Waals surface area contributed by atoms with Gasteiger partial charge in [-0.1, -0.05) is 11.6 Å². The van der Waals surface area contributed by atoms with Crippen LogP contribution in [0, 0.1) is 5.82 Å². The third kappa shape index (κ3) is 3.42. The molecule has 0 amide bonds. The Morgan fingerprint density at radius 1 is 1.61 bits per heavy atom. The molecule has 1 aromatic rings. The van der Waals surface area contributed by atoms with Crippen LogP contribution >= 0.6 is 11.6 Å². The first-order chi connectivity index (χ1) is 8.56. The second-order valence-corrected chi connectivity index (χ2v) is 5.18. The van der Waals surface area contributed by atoms with Gasteiger partial charge in [-0.15, -0.1) is 0 Å². The second-order valence-electron chi connectivity index (χ2n) is 4.74. The number of hydrogen-bond donors (Lipinski definition) is 1. The SMILES string of the molecule is CC(N)C1CN(Cc2cc(Cl)ccc2F)CCO1. The molecule has 1 aliphatic rings. The van der Waals surface area contributed by atoms with Crippen molar-refractivity contribution in [2.75, 3.05) is 19.7 Å². The number of halogens is 2. The van der Waals surface area contributed by atoms with Gasteiger partial charge in [0, 0.05) is 36.3 Å². The fourth-order valence-corrected chi connectivity index (χ4v) is 2.29. The summed E-state index contributed by atoms with van der Waals surface area (Å²) in [5, 5.41) is 0.559. The fraction of sp³-hybridized carbons (Fsp3) is 0.538. The number of hydrogen-bond acceptors (Lipinski definition) is 3. The van der Waals surface area contributed by atoms with E-state index in [1.807, 2.05) is 6.92 Å². The Morgan fingerprint density at radius 2 is 2.39 bits per heavy atom. The van der Waals surface area contributed by atoms with Gasteiger partial charge in [-0.25, -0.2) is 4.39 Å². The van der Waals surface area contributed by atoms with Crippen molar-refractivity contribution in [2.24, 2.45) is 5.73 Å². The van der Waals surface area contributed by atoms with Crippen molar-refractivity contribution in [1.82, 2.24) is 4.90 Å². The van der Waals surface area contributed by atoms with Crippen molar-refractivity contribution < 1.29 is 9.13 Å². The van der Waals surface area contributed by atoms with E-state index in [9.17, 15) is 4.39 Å². The standard InChI is InChI=1S/C13H18ClFN2O/c1-9(16)13-8-17(4-5-18-13)7-10-6-11(14)2-3-12(10)15/h2-3,6,9,13H,4-5,7-8,16H2,1H3. The third-order valence-electron chi connectivity index (χ3n) is 3.17. The number of ether oxygens (including phenoxy) is 1. The molecular weight excluding hydrogens is 255 g/mol. The third-order valence-corrected chi connectivity index (χ3v) is 3.40. The highest BCUT2D eigenvalue weighted by atomic mass is 35.5. The largest absolute Gasteiger partial charge is 0.374 e. The van der Waals surface area contributed by atoms with Gasteiger partial charge in [-0.2, -0.15) is 0 Å². The molecule has 0 aliphatic carbocycles. The van der Waals surface area contributed by atoms with Crippen molar-refractivity contribution in [2.45, 2.75) is 25.6 Å². The number of nitrogens with two attached hydrogens (primary N) is 1. The number of benzene rings is 1. The van der Waals surface area contributed by atoms with Gasteiger partial charge < -0.3 is 10.5 Å². The van der Waals surface area contributed by atoms with Gasteiger partial charge in [0.25, 0.3) is 0 Å². The van der Waals surface area contributed by atoms with Gasteiger partial charge in [0.05, 0.1) is 12.7 Å². The van der Waals surface area contributed by atoms with E-state index < -0.39 is 0 Å². The maximum atomic E-state index is 13.6. The maximum absolute atomic E-state index is 13.6. The van der Waals surface area contributed by atoms with Crippen LogP contribution in [0.25, 0.3) is 0 Å². The maximum Gasteiger partial charge on any atom is 0.127 e. The summed E-state index contributed by atoms with van der Waals surface area (Å²) < 4.78 is 19.2. The Kier molecular flexibility index (Phi) is 4.56. The van der Waals surface area contributed by atoms with Crippen LogP contribution < -0.4 is 5.73 Å². The molecule has 2 atom stereocenters. The summed E-state index contributed by atoms with van der Waals surface area (Å²) in [4.78, 5) is 2.15. The Hall–Kier alpha value is -0.680. The highest BCUT2D eigenvalue weighted by Crippen LogP contribution is 2.18. The van der Waals surface area contributed by atoms with Gasteiger partial charge in [-0.3, -0.25) is 4.90 Å². The van der Waals surface area contributed by atoms with Gasteiger partial charge in [-0.05, 0) is 25.1 Å². The molecule has 0 aromatic heterocycles. The summed E-state index contributed by atoms with van der Waals surface area (Å²) in [6.07, 6.45) is 0.0148. The predicted molar refractivity (Wildman–Crippen MR) is 70.1 cm³/mol. The van der Waals surface area contributed by atoms with Crippen LogP contribution in [0.3, 0.4) is 0 Å². The van der Waals surface area contributed by atoms with Crippen LogP contribution in [-0.2, 0) is 11.3 Å². The lowest BCUT2D eigenvalue weighted by Gasteiger charge is -2.34. The molecule has 1 aliphatic heterocycles. The topological polar surface area (TPSA) is 38.5 Å². The Balaban J connectivity index is 2.02. The normalized spacial score (nSPS) is 23.0. The average Bonchev–Trinajstić information content (AvgIpc) is 2.34. The van der Waals surface area contributed by atoms with Crippen molar-refractivity contribution >= 4 is 11.6 Å². The zero-order chi connectivity index (χ0) is 13.1. The number of morpholine rings is 1. The Labute approximate surface area is 112 Å². The molecule has 0 saturated carbocycles. The summed E-state index contributed by atoms with van der Waals surface area (Å²) in [6, 6.07) is 4.62. The van der Waals surface area contributed by atoms with Crippen LogP contribution in [0.15, 0.2) is 18.2 Å². The van der Waals surface area contributed by atoms with Crippen molar-refractivity contribution in [3.05, 3.63) is 34.6 Å². The summed E-state index contributed by atoms with van der Waals surface area (Å²) in [5.41, 5.74) is 6.45. The second kappa shape index (κ2) is 5.97. The minimum absolute atomic E-state index is 0.0148. The summed E-state index contributed by atoms with van der Waals surface area (Å²) in [6.45, 7) is 4.61. The molecule has 5 heteroatoms. The molecule has 0 spiro atoms. The molecule has 0 bridgehead atoms. The molecule has 2 N–H and O–H groups in total. The molecular formula is C13H18ClFN2O. The van der Waals surface area contributed by atoms with Crippen LogP contribution in [0.1, 0.15) is 12.5 Å². The molecule has 1 fully saturated rings. The average molecular weight is 273 g/mol. The van der Waals surface area contributed by atoms with E-state index in [-0.39, 0.29) is 18.0 Å². The molecule has 3 nitrogen and oxygen atoms in total. The van der Waals surface area contributed by atoms with Crippen molar-refractivity contribution in [3.8, 4) is 0 Å². The van der Waals surface area contributed by atoms with Crippen LogP contribution in [0.5, 0.6) is 0 Å². The molecule has 1 heterocycles. The molecule has 2 rings (SSSR count). The lowest BCUT2D eigenvalue weighted by Crippen LogP contribution is -2.49. The smallest absolute Gasteiger partial charge is 0.127 e. The fourth-order valence-electron chi connectivity index (χ4n) is 2.10. The minimum atomic E-state index is -0.219. The monoisotopic (exact) mass is 272 g/mol. The highest BCUT2D eigenvalue weighted by molar-refractivity contribution is 6.30. The van der Waals surface area contributed by atoms with Crippen LogP contribution in [-0.4, -0.2) is 36.7 Å². The predicted octanol–water partition coefficient (Wildman–Crippen LogP) is 2.03. The number of nitrogens with zero attached hydrogens (tertiary/aromatic N) is 1. The van der Waals surface area contributed by atoms with Gasteiger partial charge in [0.1, 0.15) is 5.82 Å². The summed E-state index contributed by atoms with van der Waals surface area (Å²) >= 11 is 5.88. The van der Waals surface area contributed by atoms with Crippen molar-refractivity contribution in [3.63, 3.8) is 0 Å². The lowest BCUT2D eigenvalue weighted by molar-refractivity contribution is -0.0406. The van der Waals surface area contributed by atoms with E-state index in [1.54, 1.807) is 12.1 Å². The highest BCUT2D eigenvalue weighted by Gasteiger charge is 2.23. The quantitative estimate of drug-likeness (QED) is 0.915. The molecule has 1 saturated heterocycles. The van der Waals surface area contributed by atoms with Gasteiger partial charge in [0.15, 0.2) is 0 Å². The van der Waals surface area contributed by atoms with Crippen molar-refractivity contribution in [1.29, 1.82) is 0 Å². The molecule has 0 radical (unpaired) electrons. The minimum Gasteiger partial charge on any atom is -0.374 e. The summed E-state index contributed by atoms with van der Waals surface area (Å²) in [5.74, 6) is -0.219. The van der Waals surface area contributed by atoms with E-state index in [2.05, 4.69) is 4.90 Å². The molecule has 100 valence electrons. The van der Waals surface area contributed by atoms with Crippen LogP contribution in [0.2, 0.25) is 5.02 Å². The first kappa shape index (κ1) is 13.7. The Morgan fingerprint density at radius 3 is 3.11 bits per heavy atom. The van der Waals surface area contributed by atoms with Crippen LogP contribution in [0.4, 0.5) is 4.39 Å². The van der Waals surface area contributed by atoms with E-state index in [4.69, 9.17) is 22.1 Å². The van der Waals surface area contributed by atoms with Gasteiger partial charge in [0.2, 0.25) is 0 Å². The summed E-state index contributed by atoms with van der Waals surface area (Å²) in [7, 11) is 0. The number of rotatable bonds is 3. The van der Waals surface area contributed by atoms with E-state index in [0.717, 1.165) is 13.1 Å². The zero-order valence-electron chi connectivity index (χ0n) is 10.4. The van der Waals surface area contributed by atoms with Gasteiger partial charge >= 0.3 is 0 Å². The lowest BCUT2D eigenvalue weighted by atomic mass is 10.1. The molecule has 18 heavy (non-hydrogen) atoms.